The van der Waals surface area contributed by atoms with Crippen molar-refractivity contribution in [1.82, 2.24) is 9.88 Å². The number of ketones is 1. The SMILES string of the molecule is CC(=O)c1ccc(-c2ccc([C@H](N(C(=O)[C@@H](N)CC(C)C)C3(C#N)CC3)C(F)(F)F)cn2)cc1. The van der Waals surface area contributed by atoms with Gasteiger partial charge in [0.05, 0.1) is 17.8 Å². The molecule has 6 nitrogen and oxygen atoms in total. The predicted octanol–water partition coefficient (Wildman–Crippen LogP) is 4.81. The number of aromatic nitrogens is 1. The van der Waals surface area contributed by atoms with Crippen molar-refractivity contribution < 1.29 is 22.8 Å². The number of nitrogens with two attached hydrogens (primary N) is 1. The highest BCUT2D eigenvalue weighted by Crippen LogP contribution is 2.50. The van der Waals surface area contributed by atoms with Gasteiger partial charge in [0.1, 0.15) is 5.54 Å². The van der Waals surface area contributed by atoms with E-state index in [2.05, 4.69) is 4.98 Å². The molecule has 0 saturated heterocycles. The number of hydrogen-bond acceptors (Lipinski definition) is 5. The number of nitriles is 1. The number of halogens is 3. The van der Waals surface area contributed by atoms with Crippen molar-refractivity contribution in [3.05, 3.63) is 53.7 Å². The lowest BCUT2D eigenvalue weighted by Crippen LogP contribution is -2.54. The lowest BCUT2D eigenvalue weighted by Gasteiger charge is -2.38. The molecule has 1 aliphatic carbocycles. The van der Waals surface area contributed by atoms with Crippen LogP contribution in [0.1, 0.15) is 62.0 Å². The van der Waals surface area contributed by atoms with E-state index < -0.39 is 29.7 Å². The largest absolute Gasteiger partial charge is 0.413 e. The Morgan fingerprint density at radius 2 is 1.79 bits per heavy atom. The zero-order valence-corrected chi connectivity index (χ0v) is 19.3. The van der Waals surface area contributed by atoms with E-state index in [1.54, 1.807) is 24.3 Å². The lowest BCUT2D eigenvalue weighted by molar-refractivity contribution is -0.198. The van der Waals surface area contributed by atoms with Crippen LogP contribution in [0.25, 0.3) is 11.3 Å². The first-order valence-corrected chi connectivity index (χ1v) is 11.0. The van der Waals surface area contributed by atoms with Gasteiger partial charge in [0.15, 0.2) is 11.8 Å². The van der Waals surface area contributed by atoms with Crippen molar-refractivity contribution in [2.45, 2.75) is 63.8 Å². The summed E-state index contributed by atoms with van der Waals surface area (Å²) in [6.07, 6.45) is -3.25. The lowest BCUT2D eigenvalue weighted by atomic mass is 9.98. The number of rotatable bonds is 8. The van der Waals surface area contributed by atoms with Gasteiger partial charge in [-0.1, -0.05) is 44.2 Å². The minimum atomic E-state index is -4.84. The summed E-state index contributed by atoms with van der Waals surface area (Å²) in [5, 5.41) is 9.66. The van der Waals surface area contributed by atoms with Gasteiger partial charge in [0, 0.05) is 22.9 Å². The molecule has 180 valence electrons. The van der Waals surface area contributed by atoms with E-state index >= 15 is 0 Å². The summed E-state index contributed by atoms with van der Waals surface area (Å²) in [5.41, 5.74) is 5.75. The maximum absolute atomic E-state index is 14.4. The number of Topliss-reactive ketones (excluding diaryl/α,β-unsaturated/α-hetero) is 1. The third kappa shape index (κ3) is 5.28. The van der Waals surface area contributed by atoms with Crippen molar-refractivity contribution in [2.24, 2.45) is 11.7 Å². The minimum Gasteiger partial charge on any atom is -0.320 e. The van der Waals surface area contributed by atoms with E-state index in [1.807, 2.05) is 19.9 Å². The molecule has 0 unspecified atom stereocenters. The molecule has 2 atom stereocenters. The van der Waals surface area contributed by atoms with Crippen LogP contribution >= 0.6 is 0 Å². The monoisotopic (exact) mass is 472 g/mol. The molecule has 2 N–H and O–H groups in total. The van der Waals surface area contributed by atoms with Gasteiger partial charge in [-0.25, -0.2) is 0 Å². The Hall–Kier alpha value is -3.25. The van der Waals surface area contributed by atoms with Crippen molar-refractivity contribution in [3.63, 3.8) is 0 Å². The zero-order valence-electron chi connectivity index (χ0n) is 19.3. The molecule has 0 aliphatic heterocycles. The number of carbonyl (C=O) groups excluding carboxylic acids is 2. The van der Waals surface area contributed by atoms with Crippen LogP contribution in [0, 0.1) is 17.2 Å². The highest BCUT2D eigenvalue weighted by atomic mass is 19.4. The molecular weight excluding hydrogens is 445 g/mol. The summed E-state index contributed by atoms with van der Waals surface area (Å²) in [6, 6.07) is 7.68. The second-order valence-corrected chi connectivity index (χ2v) is 9.14. The van der Waals surface area contributed by atoms with E-state index in [-0.39, 0.29) is 36.5 Å². The molecule has 1 heterocycles. The van der Waals surface area contributed by atoms with Crippen LogP contribution in [0.2, 0.25) is 0 Å². The van der Waals surface area contributed by atoms with Crippen LogP contribution in [0.5, 0.6) is 0 Å². The summed E-state index contributed by atoms with van der Waals surface area (Å²) in [6.45, 7) is 5.08. The first-order valence-electron chi connectivity index (χ1n) is 11.0. The molecule has 9 heteroatoms. The van der Waals surface area contributed by atoms with E-state index in [0.717, 1.165) is 6.20 Å². The second-order valence-electron chi connectivity index (χ2n) is 9.14. The molecule has 0 bridgehead atoms. The molecule has 1 saturated carbocycles. The average molecular weight is 473 g/mol. The van der Waals surface area contributed by atoms with Crippen LogP contribution in [0.4, 0.5) is 13.2 Å². The number of alkyl halides is 3. The molecule has 2 aromatic rings. The van der Waals surface area contributed by atoms with Crippen molar-refractivity contribution in [3.8, 4) is 17.3 Å². The zero-order chi connectivity index (χ0) is 25.3. The molecule has 1 aliphatic rings. The van der Waals surface area contributed by atoms with E-state index in [0.29, 0.717) is 21.7 Å². The molecule has 34 heavy (non-hydrogen) atoms. The smallest absolute Gasteiger partial charge is 0.320 e. The quantitative estimate of drug-likeness (QED) is 0.556. The predicted molar refractivity (Wildman–Crippen MR) is 120 cm³/mol. The Morgan fingerprint density at radius 3 is 2.21 bits per heavy atom. The number of carbonyl (C=O) groups is 2. The third-order valence-corrected chi connectivity index (χ3v) is 5.93. The molecule has 1 fully saturated rings. The summed E-state index contributed by atoms with van der Waals surface area (Å²) in [5.74, 6) is -0.994. The normalized spacial score (nSPS) is 16.4. The molecule has 1 aromatic heterocycles. The number of benzene rings is 1. The fourth-order valence-corrected chi connectivity index (χ4v) is 4.00. The first-order chi connectivity index (χ1) is 15.9. The van der Waals surface area contributed by atoms with Gasteiger partial charge < -0.3 is 10.6 Å². The second kappa shape index (κ2) is 9.55. The van der Waals surface area contributed by atoms with Gasteiger partial charge in [-0.05, 0) is 38.2 Å². The first kappa shape index (κ1) is 25.4. The van der Waals surface area contributed by atoms with Crippen LogP contribution < -0.4 is 5.73 Å². The van der Waals surface area contributed by atoms with E-state index in [9.17, 15) is 28.0 Å². The highest BCUT2D eigenvalue weighted by molar-refractivity contribution is 5.94. The molecular formula is C25H27F3N4O2. The van der Waals surface area contributed by atoms with Crippen molar-refractivity contribution in [2.75, 3.05) is 0 Å². The topological polar surface area (TPSA) is 100 Å². The van der Waals surface area contributed by atoms with Crippen LogP contribution in [-0.4, -0.2) is 39.3 Å². The van der Waals surface area contributed by atoms with Gasteiger partial charge >= 0.3 is 6.18 Å². The fraction of sp³-hybridized carbons (Fsp3) is 0.440. The average Bonchev–Trinajstić information content (AvgIpc) is 3.57. The van der Waals surface area contributed by atoms with Crippen LogP contribution in [-0.2, 0) is 4.79 Å². The van der Waals surface area contributed by atoms with Gasteiger partial charge in [-0.3, -0.25) is 14.6 Å². The summed E-state index contributed by atoms with van der Waals surface area (Å²) in [4.78, 5) is 29.4. The Kier molecular flexibility index (Phi) is 7.13. The molecule has 1 amide bonds. The molecule has 3 rings (SSSR count). The Balaban J connectivity index is 2.00. The van der Waals surface area contributed by atoms with Gasteiger partial charge in [-0.2, -0.15) is 18.4 Å². The Bertz CT molecular complexity index is 1090. The minimum absolute atomic E-state index is 0.00211. The van der Waals surface area contributed by atoms with Gasteiger partial charge in [0.25, 0.3) is 0 Å². The van der Waals surface area contributed by atoms with E-state index in [1.165, 1.54) is 19.1 Å². The van der Waals surface area contributed by atoms with Crippen molar-refractivity contribution in [1.29, 1.82) is 5.26 Å². The summed E-state index contributed by atoms with van der Waals surface area (Å²) < 4.78 is 43.1. The number of amides is 1. The van der Waals surface area contributed by atoms with Gasteiger partial charge in [0.2, 0.25) is 5.91 Å². The number of hydrogen-bond donors (Lipinski definition) is 1. The third-order valence-electron chi connectivity index (χ3n) is 5.93. The van der Waals surface area contributed by atoms with E-state index in [4.69, 9.17) is 5.73 Å². The standard InChI is InChI=1S/C25H27F3N4O2/c1-15(2)12-20(30)23(34)32(24(14-29)10-11-24)22(25(26,27)28)19-8-9-21(31-13-19)18-6-4-17(5-7-18)16(3)33/h4-9,13,15,20,22H,10-12,30H2,1-3H3/t20-,22-/m0/s1. The Labute approximate surface area is 196 Å². The molecule has 0 radical (unpaired) electrons. The molecule has 1 aromatic carbocycles. The van der Waals surface area contributed by atoms with Crippen LogP contribution in [0.15, 0.2) is 42.6 Å². The molecule has 0 spiro atoms. The summed E-state index contributed by atoms with van der Waals surface area (Å²) >= 11 is 0. The van der Waals surface area contributed by atoms with Crippen LogP contribution in [0.3, 0.4) is 0 Å². The number of nitrogens with zero attached hydrogens (tertiary/aromatic N) is 3. The highest BCUT2D eigenvalue weighted by Gasteiger charge is 2.60. The maximum atomic E-state index is 14.4. The summed E-state index contributed by atoms with van der Waals surface area (Å²) in [7, 11) is 0. The number of pyridine rings is 1. The fourth-order valence-electron chi connectivity index (χ4n) is 4.00. The van der Waals surface area contributed by atoms with Crippen molar-refractivity contribution >= 4 is 11.7 Å². The van der Waals surface area contributed by atoms with Gasteiger partial charge in [-0.15, -0.1) is 0 Å². The Morgan fingerprint density at radius 1 is 1.18 bits per heavy atom. The maximum Gasteiger partial charge on any atom is 0.413 e.